The van der Waals surface area contributed by atoms with Crippen LogP contribution in [-0.4, -0.2) is 26.8 Å². The molecule has 1 rings (SSSR count). The number of rotatable bonds is 4. The van der Waals surface area contributed by atoms with E-state index in [1.54, 1.807) is 24.3 Å². The Hall–Kier alpha value is -1.08. The van der Waals surface area contributed by atoms with Gasteiger partial charge in [-0.05, 0) is 43.4 Å². The lowest BCUT2D eigenvalue weighted by molar-refractivity contribution is -0.119. The molecule has 0 saturated carbocycles. The molecule has 0 fully saturated rings. The highest BCUT2D eigenvalue weighted by Crippen LogP contribution is 2.29. The first-order chi connectivity index (χ1) is 10.1. The van der Waals surface area contributed by atoms with Crippen molar-refractivity contribution >= 4 is 69.5 Å². The SMILES string of the molecule is CC(=O)NC(NC(=S)Nc1ccc(C(C)=O)cc1)C(Cl)(Cl)Cl. The number of carbonyl (C=O) groups excluding carboxylic acids is 2. The van der Waals surface area contributed by atoms with Gasteiger partial charge in [-0.1, -0.05) is 34.8 Å². The van der Waals surface area contributed by atoms with E-state index in [1.807, 2.05) is 0 Å². The van der Waals surface area contributed by atoms with Crippen molar-refractivity contribution in [3.05, 3.63) is 29.8 Å². The number of hydrogen-bond donors (Lipinski definition) is 3. The van der Waals surface area contributed by atoms with Gasteiger partial charge in [0.2, 0.25) is 9.70 Å². The number of anilines is 1. The molecular formula is C13H14Cl3N3O2S. The van der Waals surface area contributed by atoms with Gasteiger partial charge in [0.05, 0.1) is 0 Å². The van der Waals surface area contributed by atoms with Crippen LogP contribution >= 0.6 is 47.0 Å². The molecule has 0 aliphatic carbocycles. The molecule has 0 spiro atoms. The number of thiocarbonyl (C=S) groups is 1. The minimum atomic E-state index is -1.78. The third kappa shape index (κ3) is 6.36. The Morgan fingerprint density at radius 1 is 1.09 bits per heavy atom. The van der Waals surface area contributed by atoms with Crippen molar-refractivity contribution in [2.24, 2.45) is 0 Å². The lowest BCUT2D eigenvalue weighted by Gasteiger charge is -2.27. The van der Waals surface area contributed by atoms with Crippen molar-refractivity contribution in [1.29, 1.82) is 0 Å². The Labute approximate surface area is 148 Å². The first kappa shape index (κ1) is 19.0. The topological polar surface area (TPSA) is 70.2 Å². The maximum absolute atomic E-state index is 11.2. The highest BCUT2D eigenvalue weighted by molar-refractivity contribution is 7.80. The van der Waals surface area contributed by atoms with Gasteiger partial charge in [-0.15, -0.1) is 0 Å². The van der Waals surface area contributed by atoms with Crippen molar-refractivity contribution in [3.8, 4) is 0 Å². The summed E-state index contributed by atoms with van der Waals surface area (Å²) in [5.74, 6) is -0.411. The monoisotopic (exact) mass is 381 g/mol. The number of benzene rings is 1. The Balaban J connectivity index is 2.71. The van der Waals surface area contributed by atoms with Crippen LogP contribution in [0.1, 0.15) is 24.2 Å². The Morgan fingerprint density at radius 3 is 2.05 bits per heavy atom. The molecule has 5 nitrogen and oxygen atoms in total. The van der Waals surface area contributed by atoms with Gasteiger partial charge in [-0.3, -0.25) is 9.59 Å². The number of alkyl halides is 3. The third-order valence-corrected chi connectivity index (χ3v) is 3.37. The van der Waals surface area contributed by atoms with E-state index in [0.29, 0.717) is 11.3 Å². The summed E-state index contributed by atoms with van der Waals surface area (Å²) < 4.78 is -1.78. The fourth-order valence-corrected chi connectivity index (χ4v) is 2.05. The summed E-state index contributed by atoms with van der Waals surface area (Å²) in [6, 6.07) is 6.70. The second kappa shape index (κ2) is 7.97. The Morgan fingerprint density at radius 2 is 1.64 bits per heavy atom. The molecule has 3 N–H and O–H groups in total. The van der Waals surface area contributed by atoms with E-state index in [9.17, 15) is 9.59 Å². The largest absolute Gasteiger partial charge is 0.339 e. The summed E-state index contributed by atoms with van der Waals surface area (Å²) in [5, 5.41) is 8.16. The highest BCUT2D eigenvalue weighted by atomic mass is 35.6. The molecule has 0 bridgehead atoms. The third-order valence-electron chi connectivity index (χ3n) is 2.50. The molecule has 0 heterocycles. The summed E-state index contributed by atoms with van der Waals surface area (Å²) in [7, 11) is 0. The molecule has 0 saturated heterocycles. The van der Waals surface area contributed by atoms with E-state index in [0.717, 1.165) is 0 Å². The Bertz CT molecular complexity index is 573. The van der Waals surface area contributed by atoms with Crippen molar-refractivity contribution in [2.75, 3.05) is 5.32 Å². The number of carbonyl (C=O) groups is 2. The summed E-state index contributed by atoms with van der Waals surface area (Å²) in [4.78, 5) is 22.3. The minimum absolute atomic E-state index is 0.0332. The van der Waals surface area contributed by atoms with Crippen LogP contribution in [0.4, 0.5) is 5.69 Å². The van der Waals surface area contributed by atoms with Crippen LogP contribution in [0, 0.1) is 0 Å². The first-order valence-electron chi connectivity index (χ1n) is 6.12. The molecule has 1 aromatic carbocycles. The zero-order chi connectivity index (χ0) is 16.9. The van der Waals surface area contributed by atoms with Crippen molar-refractivity contribution in [2.45, 2.75) is 23.8 Å². The lowest BCUT2D eigenvalue weighted by Crippen LogP contribution is -2.55. The van der Waals surface area contributed by atoms with Crippen LogP contribution in [-0.2, 0) is 4.79 Å². The molecule has 0 aromatic heterocycles. The van der Waals surface area contributed by atoms with E-state index < -0.39 is 9.96 Å². The molecule has 0 aliphatic heterocycles. The van der Waals surface area contributed by atoms with E-state index in [2.05, 4.69) is 16.0 Å². The standard InChI is InChI=1S/C13H14Cl3N3O2S/c1-7(20)9-3-5-10(6-4-9)18-12(22)19-11(13(14,15)16)17-8(2)21/h3-6,11H,1-2H3,(H,17,21)(H2,18,19,22). The van der Waals surface area contributed by atoms with Gasteiger partial charge in [-0.2, -0.15) is 0 Å². The van der Waals surface area contributed by atoms with Crippen molar-refractivity contribution in [3.63, 3.8) is 0 Å². The summed E-state index contributed by atoms with van der Waals surface area (Å²) >= 11 is 22.4. The maximum Gasteiger partial charge on any atom is 0.228 e. The molecule has 9 heteroatoms. The normalized spacial score (nSPS) is 12.2. The second-order valence-electron chi connectivity index (χ2n) is 4.41. The van der Waals surface area contributed by atoms with E-state index in [-0.39, 0.29) is 16.8 Å². The van der Waals surface area contributed by atoms with Gasteiger partial charge in [0.15, 0.2) is 10.9 Å². The smallest absolute Gasteiger partial charge is 0.228 e. The van der Waals surface area contributed by atoms with Crippen molar-refractivity contribution < 1.29 is 9.59 Å². The minimum Gasteiger partial charge on any atom is -0.339 e. The Kier molecular flexibility index (Phi) is 6.87. The van der Waals surface area contributed by atoms with Gasteiger partial charge in [0, 0.05) is 18.2 Å². The van der Waals surface area contributed by atoms with Gasteiger partial charge >= 0.3 is 0 Å². The van der Waals surface area contributed by atoms with Gasteiger partial charge in [-0.25, -0.2) is 0 Å². The van der Waals surface area contributed by atoms with Crippen LogP contribution in [0.3, 0.4) is 0 Å². The fraction of sp³-hybridized carbons (Fsp3) is 0.308. The first-order valence-corrected chi connectivity index (χ1v) is 7.66. The average molecular weight is 383 g/mol. The zero-order valence-corrected chi connectivity index (χ0v) is 14.8. The molecule has 0 radical (unpaired) electrons. The van der Waals surface area contributed by atoms with Crippen LogP contribution in [0.15, 0.2) is 24.3 Å². The number of nitrogens with one attached hydrogen (secondary N) is 3. The molecule has 22 heavy (non-hydrogen) atoms. The summed E-state index contributed by atoms with van der Waals surface area (Å²) in [6.45, 7) is 2.77. The number of Topliss-reactive ketones (excluding diaryl/α,β-unsaturated/α-hetero) is 1. The van der Waals surface area contributed by atoms with Gasteiger partial charge in [0.25, 0.3) is 0 Å². The predicted octanol–water partition coefficient (Wildman–Crippen LogP) is 3.01. The molecule has 120 valence electrons. The molecule has 1 atom stereocenters. The average Bonchev–Trinajstić information content (AvgIpc) is 2.36. The van der Waals surface area contributed by atoms with Gasteiger partial charge in [0.1, 0.15) is 6.17 Å². The second-order valence-corrected chi connectivity index (χ2v) is 7.18. The van der Waals surface area contributed by atoms with E-state index in [1.165, 1.54) is 13.8 Å². The molecule has 1 aromatic rings. The van der Waals surface area contributed by atoms with Crippen LogP contribution < -0.4 is 16.0 Å². The molecule has 0 aliphatic rings. The number of ketones is 1. The fourth-order valence-electron chi connectivity index (χ4n) is 1.49. The number of hydrogen-bond acceptors (Lipinski definition) is 3. The van der Waals surface area contributed by atoms with Crippen LogP contribution in [0.2, 0.25) is 0 Å². The van der Waals surface area contributed by atoms with Gasteiger partial charge < -0.3 is 16.0 Å². The van der Waals surface area contributed by atoms with E-state index >= 15 is 0 Å². The molecular weight excluding hydrogens is 369 g/mol. The number of amides is 1. The lowest BCUT2D eigenvalue weighted by atomic mass is 10.1. The summed E-state index contributed by atoms with van der Waals surface area (Å²) in [6.07, 6.45) is -0.994. The molecule has 1 amide bonds. The predicted molar refractivity (Wildman–Crippen MR) is 93.7 cm³/mol. The molecule has 1 unspecified atom stereocenters. The summed E-state index contributed by atoms with van der Waals surface area (Å²) in [5.41, 5.74) is 1.23. The van der Waals surface area contributed by atoms with Crippen LogP contribution in [0.25, 0.3) is 0 Å². The maximum atomic E-state index is 11.2. The van der Waals surface area contributed by atoms with Crippen LogP contribution in [0.5, 0.6) is 0 Å². The zero-order valence-electron chi connectivity index (χ0n) is 11.7. The number of halogens is 3. The quantitative estimate of drug-likeness (QED) is 0.323. The van der Waals surface area contributed by atoms with Crippen molar-refractivity contribution in [1.82, 2.24) is 10.6 Å². The van der Waals surface area contributed by atoms with E-state index in [4.69, 9.17) is 47.0 Å². The highest BCUT2D eigenvalue weighted by Gasteiger charge is 2.33.